The van der Waals surface area contributed by atoms with E-state index in [4.69, 9.17) is 5.73 Å². The number of aromatic amines is 1. The number of fused-ring (bicyclic) bond motifs is 1. The fourth-order valence-corrected chi connectivity index (χ4v) is 5.04. The van der Waals surface area contributed by atoms with Crippen molar-refractivity contribution in [2.24, 2.45) is 17.6 Å². The third-order valence-electron chi connectivity index (χ3n) is 7.23. The summed E-state index contributed by atoms with van der Waals surface area (Å²) in [5.74, 6) is 1.88. The molecule has 2 aliphatic carbocycles. The third-order valence-corrected chi connectivity index (χ3v) is 7.23. The molecule has 0 amide bonds. The minimum Gasteiger partial charge on any atom is -0.339 e. The molecule has 0 aliphatic heterocycles. The lowest BCUT2D eigenvalue weighted by atomic mass is 9.76. The Kier molecular flexibility index (Phi) is 5.20. The zero-order valence-corrected chi connectivity index (χ0v) is 17.7. The fourth-order valence-electron chi connectivity index (χ4n) is 5.04. The van der Waals surface area contributed by atoms with E-state index in [1.165, 1.54) is 24.0 Å². The maximum Gasteiger partial charge on any atom is 0.140 e. The molecule has 1 unspecified atom stereocenters. The zero-order valence-electron chi connectivity index (χ0n) is 17.7. The second-order valence-electron chi connectivity index (χ2n) is 9.43. The molecule has 2 aliphatic rings. The van der Waals surface area contributed by atoms with Gasteiger partial charge in [-0.2, -0.15) is 0 Å². The Morgan fingerprint density at radius 3 is 2.50 bits per heavy atom. The Labute approximate surface area is 178 Å². The van der Waals surface area contributed by atoms with Crippen LogP contribution in [0.2, 0.25) is 0 Å². The van der Waals surface area contributed by atoms with Crippen molar-refractivity contribution in [3.63, 3.8) is 0 Å². The van der Waals surface area contributed by atoms with Gasteiger partial charge in [0.1, 0.15) is 11.4 Å². The summed E-state index contributed by atoms with van der Waals surface area (Å²) in [6, 6.07) is 13.3. The molecule has 1 atom stereocenters. The van der Waals surface area contributed by atoms with Crippen LogP contribution in [-0.4, -0.2) is 21.8 Å². The summed E-state index contributed by atoms with van der Waals surface area (Å²) in [4.78, 5) is 21.0. The van der Waals surface area contributed by atoms with Crippen LogP contribution in [0.15, 0.2) is 42.6 Å². The van der Waals surface area contributed by atoms with Gasteiger partial charge in [0.05, 0.1) is 0 Å². The topological polar surface area (TPSA) is 71.8 Å². The molecule has 2 aromatic heterocycles. The molecule has 3 aromatic rings. The van der Waals surface area contributed by atoms with E-state index in [9.17, 15) is 4.79 Å². The smallest absolute Gasteiger partial charge is 0.140 e. The quantitative estimate of drug-likeness (QED) is 0.583. The molecule has 30 heavy (non-hydrogen) atoms. The number of Topliss-reactive ketones (excluding diaryl/α,β-unsaturated/α-hetero) is 1. The number of hydrogen-bond acceptors (Lipinski definition) is 3. The van der Waals surface area contributed by atoms with Crippen molar-refractivity contribution in [2.75, 3.05) is 0 Å². The van der Waals surface area contributed by atoms with E-state index in [-0.39, 0.29) is 12.0 Å². The molecule has 156 valence electrons. The molecule has 5 rings (SSSR count). The molecule has 0 saturated heterocycles. The Morgan fingerprint density at radius 2 is 1.83 bits per heavy atom. The Bertz CT molecular complexity index is 1040. The van der Waals surface area contributed by atoms with Gasteiger partial charge in [-0.25, -0.2) is 4.98 Å². The first-order chi connectivity index (χ1) is 14.6. The number of pyridine rings is 1. The van der Waals surface area contributed by atoms with Crippen LogP contribution >= 0.6 is 0 Å². The van der Waals surface area contributed by atoms with Gasteiger partial charge in [-0.05, 0) is 86.1 Å². The minimum atomic E-state index is 0.177. The SMILES string of the molecule is CC(N)C1CCC(C(=O)Cc2ccnc3[nH]c(-c4ccc(C5CC5)cc4)cc23)CC1. The van der Waals surface area contributed by atoms with Crippen molar-refractivity contribution >= 4 is 16.8 Å². The maximum absolute atomic E-state index is 13.0. The average molecular weight is 402 g/mol. The van der Waals surface area contributed by atoms with Gasteiger partial charge in [-0.3, -0.25) is 4.79 Å². The lowest BCUT2D eigenvalue weighted by Crippen LogP contribution is -2.32. The number of ketones is 1. The number of carbonyl (C=O) groups is 1. The van der Waals surface area contributed by atoms with Crippen molar-refractivity contribution in [2.45, 2.75) is 63.8 Å². The number of rotatable bonds is 6. The summed E-state index contributed by atoms with van der Waals surface area (Å²) >= 11 is 0. The van der Waals surface area contributed by atoms with Crippen LogP contribution in [0.4, 0.5) is 0 Å². The summed E-state index contributed by atoms with van der Waals surface area (Å²) < 4.78 is 0. The van der Waals surface area contributed by atoms with Crippen molar-refractivity contribution in [3.05, 3.63) is 53.7 Å². The lowest BCUT2D eigenvalue weighted by molar-refractivity contribution is -0.123. The van der Waals surface area contributed by atoms with Gasteiger partial charge < -0.3 is 10.7 Å². The Balaban J connectivity index is 1.33. The number of nitrogens with two attached hydrogens (primary N) is 1. The molecular weight excluding hydrogens is 370 g/mol. The molecule has 4 nitrogen and oxygen atoms in total. The zero-order chi connectivity index (χ0) is 20.7. The molecule has 0 spiro atoms. The van der Waals surface area contributed by atoms with Crippen LogP contribution in [0.3, 0.4) is 0 Å². The molecule has 2 heterocycles. The summed E-state index contributed by atoms with van der Waals surface area (Å²) in [5, 5.41) is 1.07. The van der Waals surface area contributed by atoms with Gasteiger partial charge >= 0.3 is 0 Å². The summed E-state index contributed by atoms with van der Waals surface area (Å²) in [6.45, 7) is 2.09. The van der Waals surface area contributed by atoms with Gasteiger partial charge in [-0.15, -0.1) is 0 Å². The normalized spacial score (nSPS) is 22.9. The van der Waals surface area contributed by atoms with E-state index >= 15 is 0 Å². The Morgan fingerprint density at radius 1 is 1.10 bits per heavy atom. The highest BCUT2D eigenvalue weighted by Gasteiger charge is 2.28. The number of nitrogens with zero attached hydrogens (tertiary/aromatic N) is 1. The van der Waals surface area contributed by atoms with Crippen molar-refractivity contribution in [1.82, 2.24) is 9.97 Å². The predicted molar refractivity (Wildman–Crippen MR) is 121 cm³/mol. The van der Waals surface area contributed by atoms with E-state index in [1.54, 1.807) is 0 Å². The number of aromatic nitrogens is 2. The number of hydrogen-bond donors (Lipinski definition) is 2. The summed E-state index contributed by atoms with van der Waals surface area (Å²) in [7, 11) is 0. The average Bonchev–Trinajstić information content (AvgIpc) is 3.52. The van der Waals surface area contributed by atoms with E-state index < -0.39 is 0 Å². The van der Waals surface area contributed by atoms with Crippen LogP contribution in [0.5, 0.6) is 0 Å². The van der Waals surface area contributed by atoms with E-state index in [2.05, 4.69) is 47.2 Å². The van der Waals surface area contributed by atoms with Gasteiger partial charge in [-0.1, -0.05) is 24.3 Å². The van der Waals surface area contributed by atoms with Gasteiger partial charge in [0.25, 0.3) is 0 Å². The highest BCUT2D eigenvalue weighted by Crippen LogP contribution is 2.40. The molecule has 2 fully saturated rings. The van der Waals surface area contributed by atoms with Crippen LogP contribution in [0, 0.1) is 11.8 Å². The first-order valence-corrected chi connectivity index (χ1v) is 11.4. The fraction of sp³-hybridized carbons (Fsp3) is 0.462. The number of H-pyrrole nitrogens is 1. The lowest BCUT2D eigenvalue weighted by Gasteiger charge is -2.30. The second kappa shape index (κ2) is 7.99. The third kappa shape index (κ3) is 3.93. The predicted octanol–water partition coefficient (Wildman–Crippen LogP) is 5.37. The minimum absolute atomic E-state index is 0.177. The number of nitrogens with one attached hydrogen (secondary N) is 1. The standard InChI is InChI=1S/C26H31N3O/c1-16(27)17-2-10-21(11-3-17)25(30)14-22-12-13-28-26-23(22)15-24(29-26)20-8-6-19(7-9-20)18-4-5-18/h6-9,12-13,15-18,21H,2-5,10-11,14,27H2,1H3,(H,28,29). The molecule has 0 bridgehead atoms. The summed E-state index contributed by atoms with van der Waals surface area (Å²) in [5.41, 5.74) is 11.7. The second-order valence-corrected chi connectivity index (χ2v) is 9.43. The van der Waals surface area contributed by atoms with Crippen molar-refractivity contribution in [1.29, 1.82) is 0 Å². The first-order valence-electron chi connectivity index (χ1n) is 11.4. The molecule has 2 saturated carbocycles. The van der Waals surface area contributed by atoms with Gasteiger partial charge in [0.15, 0.2) is 0 Å². The van der Waals surface area contributed by atoms with E-state index in [1.807, 2.05) is 12.3 Å². The van der Waals surface area contributed by atoms with Crippen LogP contribution in [0.25, 0.3) is 22.3 Å². The van der Waals surface area contributed by atoms with Crippen LogP contribution < -0.4 is 5.73 Å². The Hall–Kier alpha value is -2.46. The van der Waals surface area contributed by atoms with E-state index in [0.717, 1.165) is 53.9 Å². The monoisotopic (exact) mass is 401 g/mol. The van der Waals surface area contributed by atoms with Gasteiger partial charge in [0.2, 0.25) is 0 Å². The van der Waals surface area contributed by atoms with Crippen LogP contribution in [-0.2, 0) is 11.2 Å². The highest BCUT2D eigenvalue weighted by atomic mass is 16.1. The summed E-state index contributed by atoms with van der Waals surface area (Å²) in [6.07, 6.45) is 9.05. The molecular formula is C26H31N3O. The molecule has 1 aromatic carbocycles. The molecule has 3 N–H and O–H groups in total. The number of benzene rings is 1. The number of carbonyl (C=O) groups excluding carboxylic acids is 1. The van der Waals surface area contributed by atoms with Crippen molar-refractivity contribution < 1.29 is 4.79 Å². The largest absolute Gasteiger partial charge is 0.339 e. The molecule has 4 heteroatoms. The first kappa shape index (κ1) is 19.5. The molecule has 0 radical (unpaired) electrons. The van der Waals surface area contributed by atoms with Gasteiger partial charge in [0, 0.05) is 35.7 Å². The van der Waals surface area contributed by atoms with Crippen LogP contribution in [0.1, 0.15) is 62.5 Å². The van der Waals surface area contributed by atoms with E-state index in [0.29, 0.717) is 18.1 Å². The highest BCUT2D eigenvalue weighted by molar-refractivity contribution is 5.91. The maximum atomic E-state index is 13.0. The van der Waals surface area contributed by atoms with Crippen molar-refractivity contribution in [3.8, 4) is 11.3 Å².